The maximum Gasteiger partial charge on any atom is 0.0650 e. The summed E-state index contributed by atoms with van der Waals surface area (Å²) >= 11 is 11.2. The minimum Gasteiger partial charge on any atom is -0.398 e. The van der Waals surface area contributed by atoms with Crippen LogP contribution in [0, 0.1) is 0 Å². The molecule has 0 aliphatic heterocycles. The molecule has 0 amide bonds. The second-order valence-electron chi connectivity index (χ2n) is 2.18. The number of nitrogens with two attached hydrogens (primary N) is 2. The minimum atomic E-state index is 0.0972. The van der Waals surface area contributed by atoms with Crippen LogP contribution in [-0.2, 0) is 0 Å². The monoisotopic (exact) mass is 222 g/mol. The third-order valence-corrected chi connectivity index (χ3v) is 1.65. The smallest absolute Gasteiger partial charge is 0.0650 e. The highest BCUT2D eigenvalue weighted by atomic mass is 35.5. The molecule has 1 rings (SSSR count). The van der Waals surface area contributed by atoms with Crippen LogP contribution in [0.2, 0.25) is 10.0 Å². The van der Waals surface area contributed by atoms with Gasteiger partial charge < -0.3 is 16.6 Å². The SMILES string of the molecule is NCCO.Nc1ccc(Cl)cc1Cl. The number of nitrogen functional groups attached to an aromatic ring is 1. The lowest BCUT2D eigenvalue weighted by Crippen LogP contribution is -2.02. The third kappa shape index (κ3) is 5.71. The van der Waals surface area contributed by atoms with Gasteiger partial charge in [-0.1, -0.05) is 23.2 Å². The standard InChI is InChI=1S/C6H5Cl2N.C2H7NO/c7-4-1-2-6(9)5(8)3-4;3-1-2-4/h1-3H,9H2;4H,1-3H2. The van der Waals surface area contributed by atoms with Crippen LogP contribution in [0.4, 0.5) is 5.69 Å². The van der Waals surface area contributed by atoms with E-state index in [2.05, 4.69) is 0 Å². The zero-order valence-corrected chi connectivity index (χ0v) is 8.52. The van der Waals surface area contributed by atoms with Crippen molar-refractivity contribution < 1.29 is 5.11 Å². The Hall–Kier alpha value is -0.480. The predicted octanol–water partition coefficient (Wildman–Crippen LogP) is 1.51. The van der Waals surface area contributed by atoms with Gasteiger partial charge in [0, 0.05) is 11.6 Å². The van der Waals surface area contributed by atoms with Gasteiger partial charge in [0.15, 0.2) is 0 Å². The summed E-state index contributed by atoms with van der Waals surface area (Å²) in [4.78, 5) is 0. The normalized spacial score (nSPS) is 8.92. The van der Waals surface area contributed by atoms with Crippen molar-refractivity contribution in [2.45, 2.75) is 0 Å². The van der Waals surface area contributed by atoms with E-state index in [4.69, 9.17) is 39.8 Å². The molecule has 1 aromatic carbocycles. The summed E-state index contributed by atoms with van der Waals surface area (Å²) in [6.07, 6.45) is 0. The van der Waals surface area contributed by atoms with E-state index in [9.17, 15) is 0 Å². The first-order valence-electron chi connectivity index (χ1n) is 3.63. The Morgan fingerprint density at radius 1 is 1.31 bits per heavy atom. The second kappa shape index (κ2) is 6.97. The average Bonchev–Trinajstić information content (AvgIpc) is 2.12. The first-order chi connectivity index (χ1) is 6.11. The molecule has 13 heavy (non-hydrogen) atoms. The number of rotatable bonds is 1. The lowest BCUT2D eigenvalue weighted by atomic mass is 10.3. The number of benzene rings is 1. The summed E-state index contributed by atoms with van der Waals surface area (Å²) in [6.45, 7) is 0.472. The van der Waals surface area contributed by atoms with E-state index >= 15 is 0 Å². The molecule has 0 atom stereocenters. The lowest BCUT2D eigenvalue weighted by molar-refractivity contribution is 0.306. The van der Waals surface area contributed by atoms with Gasteiger partial charge in [0.1, 0.15) is 0 Å². The Morgan fingerprint density at radius 3 is 2.15 bits per heavy atom. The van der Waals surface area contributed by atoms with Crippen LogP contribution in [-0.4, -0.2) is 18.3 Å². The molecule has 74 valence electrons. The summed E-state index contributed by atoms with van der Waals surface area (Å²) in [5.74, 6) is 0. The molecule has 1 aromatic rings. The van der Waals surface area contributed by atoms with Crippen molar-refractivity contribution in [3.05, 3.63) is 28.2 Å². The van der Waals surface area contributed by atoms with Gasteiger partial charge in [0.2, 0.25) is 0 Å². The molecule has 0 fully saturated rings. The molecule has 0 saturated heterocycles. The number of aliphatic hydroxyl groups is 1. The molecule has 3 nitrogen and oxygen atoms in total. The molecule has 5 heteroatoms. The van der Waals surface area contributed by atoms with Crippen molar-refractivity contribution in [3.63, 3.8) is 0 Å². The minimum absolute atomic E-state index is 0.0972. The first kappa shape index (κ1) is 12.5. The molecule has 5 N–H and O–H groups in total. The topological polar surface area (TPSA) is 72.3 Å². The zero-order chi connectivity index (χ0) is 10.3. The third-order valence-electron chi connectivity index (χ3n) is 1.09. The fourth-order valence-corrected chi connectivity index (χ4v) is 0.910. The van der Waals surface area contributed by atoms with Crippen LogP contribution in [0.3, 0.4) is 0 Å². The Kier molecular flexibility index (Phi) is 6.72. The molecule has 0 unspecified atom stereocenters. The highest BCUT2D eigenvalue weighted by molar-refractivity contribution is 6.36. The van der Waals surface area contributed by atoms with Crippen LogP contribution < -0.4 is 11.5 Å². The van der Waals surface area contributed by atoms with Gasteiger partial charge in [0.25, 0.3) is 0 Å². The van der Waals surface area contributed by atoms with Gasteiger partial charge in [-0.3, -0.25) is 0 Å². The Balaban J connectivity index is 0.000000310. The number of halogens is 2. The molecular formula is C8H12Cl2N2O. The van der Waals surface area contributed by atoms with E-state index in [-0.39, 0.29) is 6.61 Å². The van der Waals surface area contributed by atoms with E-state index < -0.39 is 0 Å². The van der Waals surface area contributed by atoms with Gasteiger partial charge in [-0.25, -0.2) is 0 Å². The van der Waals surface area contributed by atoms with E-state index in [1.54, 1.807) is 18.2 Å². The van der Waals surface area contributed by atoms with Crippen molar-refractivity contribution in [1.82, 2.24) is 0 Å². The lowest BCUT2D eigenvalue weighted by Gasteiger charge is -1.94. The number of anilines is 1. The van der Waals surface area contributed by atoms with Crippen molar-refractivity contribution >= 4 is 28.9 Å². The summed E-state index contributed by atoms with van der Waals surface area (Å²) < 4.78 is 0. The molecule has 0 aliphatic rings. The van der Waals surface area contributed by atoms with E-state index in [0.29, 0.717) is 22.3 Å². The van der Waals surface area contributed by atoms with Crippen molar-refractivity contribution in [2.75, 3.05) is 18.9 Å². The fraction of sp³-hybridized carbons (Fsp3) is 0.250. The Labute approximate surface area is 87.2 Å². The Bertz CT molecular complexity index is 254. The fourth-order valence-electron chi connectivity index (χ4n) is 0.502. The van der Waals surface area contributed by atoms with Crippen LogP contribution in [0.5, 0.6) is 0 Å². The number of aliphatic hydroxyl groups excluding tert-OH is 1. The summed E-state index contributed by atoms with van der Waals surface area (Å²) in [7, 11) is 0. The molecular weight excluding hydrogens is 211 g/mol. The summed E-state index contributed by atoms with van der Waals surface area (Å²) in [5.41, 5.74) is 10.7. The van der Waals surface area contributed by atoms with Crippen molar-refractivity contribution in [3.8, 4) is 0 Å². The maximum atomic E-state index is 7.75. The van der Waals surface area contributed by atoms with Crippen molar-refractivity contribution in [2.24, 2.45) is 5.73 Å². The number of hydrogen-bond acceptors (Lipinski definition) is 3. The highest BCUT2D eigenvalue weighted by Crippen LogP contribution is 2.21. The largest absolute Gasteiger partial charge is 0.398 e. The molecule has 0 saturated carbocycles. The molecule has 0 bridgehead atoms. The van der Waals surface area contributed by atoms with Gasteiger partial charge in [-0.05, 0) is 18.2 Å². The van der Waals surface area contributed by atoms with E-state index in [0.717, 1.165) is 0 Å². The molecule has 0 aromatic heterocycles. The Morgan fingerprint density at radius 2 is 1.85 bits per heavy atom. The van der Waals surface area contributed by atoms with Gasteiger partial charge in [-0.15, -0.1) is 0 Å². The van der Waals surface area contributed by atoms with Crippen molar-refractivity contribution in [1.29, 1.82) is 0 Å². The summed E-state index contributed by atoms with van der Waals surface area (Å²) in [6, 6.07) is 4.98. The molecule has 0 aliphatic carbocycles. The predicted molar refractivity (Wildman–Crippen MR) is 57.0 cm³/mol. The highest BCUT2D eigenvalue weighted by Gasteiger charge is 1.93. The van der Waals surface area contributed by atoms with Crippen LogP contribution in [0.15, 0.2) is 18.2 Å². The maximum absolute atomic E-state index is 7.75. The number of hydrogen-bond donors (Lipinski definition) is 3. The second-order valence-corrected chi connectivity index (χ2v) is 3.02. The quantitative estimate of drug-likeness (QED) is 0.632. The van der Waals surface area contributed by atoms with E-state index in [1.165, 1.54) is 0 Å². The zero-order valence-electron chi connectivity index (χ0n) is 7.00. The average molecular weight is 223 g/mol. The summed E-state index contributed by atoms with van der Waals surface area (Å²) in [5, 5.41) is 8.86. The van der Waals surface area contributed by atoms with Gasteiger partial charge in [-0.2, -0.15) is 0 Å². The van der Waals surface area contributed by atoms with Gasteiger partial charge >= 0.3 is 0 Å². The molecule has 0 spiro atoms. The van der Waals surface area contributed by atoms with Gasteiger partial charge in [0.05, 0.1) is 17.3 Å². The van der Waals surface area contributed by atoms with Crippen LogP contribution in [0.25, 0.3) is 0 Å². The van der Waals surface area contributed by atoms with Crippen LogP contribution in [0.1, 0.15) is 0 Å². The molecule has 0 heterocycles. The van der Waals surface area contributed by atoms with E-state index in [1.807, 2.05) is 0 Å². The molecule has 0 radical (unpaired) electrons. The first-order valence-corrected chi connectivity index (χ1v) is 4.39. The van der Waals surface area contributed by atoms with Crippen LogP contribution >= 0.6 is 23.2 Å².